The van der Waals surface area contributed by atoms with Gasteiger partial charge in [-0.15, -0.1) is 0 Å². The summed E-state index contributed by atoms with van der Waals surface area (Å²) in [4.78, 5) is 62.3. The van der Waals surface area contributed by atoms with E-state index < -0.39 is 64.8 Å². The van der Waals surface area contributed by atoms with Crippen molar-refractivity contribution in [3.63, 3.8) is 0 Å². The number of hydrogen-bond acceptors (Lipinski definition) is 7. The van der Waals surface area contributed by atoms with Gasteiger partial charge in [0.05, 0.1) is 19.3 Å². The molecule has 0 aromatic heterocycles. The number of carboxylic acids is 2. The van der Waals surface area contributed by atoms with Gasteiger partial charge >= 0.3 is 29.8 Å². The minimum Gasteiger partial charge on any atom is -0.481 e. The molecule has 11 nitrogen and oxygen atoms in total. The average molecular weight is 437 g/mol. The van der Waals surface area contributed by atoms with Gasteiger partial charge in [-0.05, 0) is 5.56 Å². The van der Waals surface area contributed by atoms with Crippen molar-refractivity contribution in [3.05, 3.63) is 35.9 Å². The zero-order chi connectivity index (χ0) is 23.6. The second kappa shape index (κ2) is 8.44. The van der Waals surface area contributed by atoms with Gasteiger partial charge in [-0.3, -0.25) is 4.79 Å². The first kappa shape index (κ1) is 24.0. The molecule has 1 fully saturated rings. The van der Waals surface area contributed by atoms with Gasteiger partial charge in [0.25, 0.3) is 0 Å². The van der Waals surface area contributed by atoms with E-state index in [0.717, 1.165) is 0 Å². The Morgan fingerprint density at radius 2 is 1.55 bits per heavy atom. The molecule has 1 atom stereocenters. The molecule has 3 amide bonds. The van der Waals surface area contributed by atoms with Crippen molar-refractivity contribution in [1.82, 2.24) is 5.01 Å². The molecule has 11 heteroatoms. The molecule has 1 saturated heterocycles. The van der Waals surface area contributed by atoms with E-state index in [9.17, 15) is 39.4 Å². The molecule has 0 spiro atoms. The number of amides is 3. The van der Waals surface area contributed by atoms with Crippen LogP contribution >= 0.6 is 0 Å². The number of quaternary nitrogens is 1. The van der Waals surface area contributed by atoms with Gasteiger partial charge in [-0.1, -0.05) is 56.1 Å². The number of carbonyl (C=O) groups is 5. The highest BCUT2D eigenvalue weighted by atomic mass is 16.7. The maximum atomic E-state index is 13.1. The van der Waals surface area contributed by atoms with E-state index in [4.69, 9.17) is 4.74 Å². The number of hydrogen-bond donors (Lipinski definition) is 3. The highest BCUT2D eigenvalue weighted by molar-refractivity contribution is 5.95. The molecule has 0 unspecified atom stereocenters. The first-order valence-corrected chi connectivity index (χ1v) is 9.43. The fourth-order valence-electron chi connectivity index (χ4n) is 3.55. The largest absolute Gasteiger partial charge is 0.481 e. The van der Waals surface area contributed by atoms with E-state index in [2.05, 4.69) is 0 Å². The molecule has 1 aliphatic heterocycles. The highest BCUT2D eigenvalue weighted by Gasteiger charge is 2.71. The van der Waals surface area contributed by atoms with Gasteiger partial charge in [0.2, 0.25) is 5.54 Å². The molecule has 168 valence electrons. The second-order valence-electron chi connectivity index (χ2n) is 8.23. The third-order valence-electron chi connectivity index (χ3n) is 5.28. The lowest BCUT2D eigenvalue weighted by molar-refractivity contribution is -1.06. The van der Waals surface area contributed by atoms with E-state index in [1.54, 1.807) is 30.3 Å². The van der Waals surface area contributed by atoms with Crippen LogP contribution in [0.1, 0.15) is 45.6 Å². The summed E-state index contributed by atoms with van der Waals surface area (Å²) in [5.74, 6) is -5.77. The number of carboxylic acid groups (broad SMARTS) is 2. The van der Waals surface area contributed by atoms with E-state index in [0.29, 0.717) is 5.56 Å². The summed E-state index contributed by atoms with van der Waals surface area (Å²) in [6.45, 7) is 3.58. The van der Waals surface area contributed by atoms with Crippen LogP contribution < -0.4 is 0 Å². The summed E-state index contributed by atoms with van der Waals surface area (Å²) in [6, 6.07) is 8.26. The number of imide groups is 1. The van der Waals surface area contributed by atoms with Crippen LogP contribution in [0.5, 0.6) is 0 Å². The van der Waals surface area contributed by atoms with Gasteiger partial charge in [-0.25, -0.2) is 19.2 Å². The normalized spacial score (nSPS) is 17.7. The molecule has 3 N–H and O–H groups in total. The summed E-state index contributed by atoms with van der Waals surface area (Å²) in [6.07, 6.45) is -3.63. The number of aliphatic carboxylic acids is 2. The van der Waals surface area contributed by atoms with Crippen LogP contribution in [0.15, 0.2) is 30.3 Å². The van der Waals surface area contributed by atoms with Gasteiger partial charge in [0.15, 0.2) is 0 Å². The van der Waals surface area contributed by atoms with Gasteiger partial charge in [0.1, 0.15) is 6.61 Å². The first-order chi connectivity index (χ1) is 14.3. The number of carbonyl (C=O) groups excluding carboxylic acids is 3. The molecule has 1 aliphatic rings. The maximum absolute atomic E-state index is 13.1. The molecule has 0 aliphatic carbocycles. The van der Waals surface area contributed by atoms with Crippen molar-refractivity contribution in [2.45, 2.75) is 52.2 Å². The van der Waals surface area contributed by atoms with Crippen molar-refractivity contribution >= 4 is 29.8 Å². The molecular weight excluding hydrogens is 412 g/mol. The van der Waals surface area contributed by atoms with Crippen molar-refractivity contribution in [3.8, 4) is 0 Å². The zero-order valence-corrected chi connectivity index (χ0v) is 17.4. The fraction of sp³-hybridized carbons (Fsp3) is 0.450. The number of ether oxygens (including phenoxy) is 1. The second-order valence-corrected chi connectivity index (χ2v) is 8.23. The quantitative estimate of drug-likeness (QED) is 0.329. The molecule has 1 aromatic rings. The number of benzene rings is 1. The highest BCUT2D eigenvalue weighted by Crippen LogP contribution is 2.44. The lowest BCUT2D eigenvalue weighted by atomic mass is 9.70. The predicted octanol–water partition coefficient (Wildman–Crippen LogP) is 1.94. The van der Waals surface area contributed by atoms with Gasteiger partial charge < -0.3 is 14.9 Å². The van der Waals surface area contributed by atoms with Crippen LogP contribution in [0.25, 0.3) is 0 Å². The summed E-state index contributed by atoms with van der Waals surface area (Å²) in [7, 11) is 0. The van der Waals surface area contributed by atoms with Crippen LogP contribution in [0.3, 0.4) is 0 Å². The molecular formula is C20H25N2O9+. The molecule has 2 rings (SSSR count). The number of nitrogens with zero attached hydrogens (tertiary/aromatic N) is 2. The summed E-state index contributed by atoms with van der Waals surface area (Å²) >= 11 is 0. The predicted molar refractivity (Wildman–Crippen MR) is 102 cm³/mol. The van der Waals surface area contributed by atoms with E-state index in [1.807, 2.05) is 0 Å². The van der Waals surface area contributed by atoms with Crippen molar-refractivity contribution < 1.29 is 48.9 Å². The lowest BCUT2D eigenvalue weighted by Crippen LogP contribution is -2.77. The zero-order valence-electron chi connectivity index (χ0n) is 17.4. The van der Waals surface area contributed by atoms with Gasteiger partial charge in [-0.2, -0.15) is 5.21 Å². The fourth-order valence-corrected chi connectivity index (χ4v) is 3.55. The standard InChI is InChI=1S/C20H24N2O9/c1-19(2,3)20(17(27)28,11-16(25)26)21(22(30)14(23)9-10-15(22)24)18(29)31-12-13-7-5-4-6-8-13/h4-8,30H,9-12H2,1-3H3,(H-,25,26,27,28)/p+1/t20-/m0/s1. The summed E-state index contributed by atoms with van der Waals surface area (Å²) < 4.78 is 2.85. The van der Waals surface area contributed by atoms with Crippen LogP contribution in [-0.2, 0) is 30.5 Å². The average Bonchev–Trinajstić information content (AvgIpc) is 2.93. The van der Waals surface area contributed by atoms with Crippen molar-refractivity contribution in [1.29, 1.82) is 0 Å². The Hall–Kier alpha value is -3.31. The van der Waals surface area contributed by atoms with Crippen LogP contribution in [0, 0.1) is 5.41 Å². The van der Waals surface area contributed by atoms with Crippen LogP contribution in [0.2, 0.25) is 0 Å². The molecule has 0 saturated carbocycles. The molecule has 1 aromatic carbocycles. The SMILES string of the molecule is CC(C)(C)[C@](CC(=O)O)(C(=O)O)N(C(=O)OCc1ccccc1)[N+]1(O)C(=O)CCC1=O. The van der Waals surface area contributed by atoms with Gasteiger partial charge in [0, 0.05) is 10.2 Å². The van der Waals surface area contributed by atoms with E-state index in [-0.39, 0.29) is 11.6 Å². The summed E-state index contributed by atoms with van der Waals surface area (Å²) in [5.41, 5.74) is -3.76. The first-order valence-electron chi connectivity index (χ1n) is 9.43. The minimum absolute atomic E-state index is 0.0596. The van der Waals surface area contributed by atoms with E-state index in [1.165, 1.54) is 20.8 Å². The molecule has 31 heavy (non-hydrogen) atoms. The number of rotatable bonds is 7. The van der Waals surface area contributed by atoms with E-state index >= 15 is 0 Å². The molecule has 1 heterocycles. The molecule has 0 bridgehead atoms. The molecule has 0 radical (unpaired) electrons. The monoisotopic (exact) mass is 437 g/mol. The Bertz CT molecular complexity index is 891. The third-order valence-corrected chi connectivity index (χ3v) is 5.28. The maximum Gasteiger partial charge on any atom is 0.459 e. The Labute approximate surface area is 177 Å². The topological polar surface area (TPSA) is 159 Å². The Balaban J connectivity index is 2.68. The van der Waals surface area contributed by atoms with Crippen LogP contribution in [0.4, 0.5) is 4.79 Å². The van der Waals surface area contributed by atoms with Crippen molar-refractivity contribution in [2.75, 3.05) is 0 Å². The summed E-state index contributed by atoms with van der Waals surface area (Å²) in [5, 5.41) is 30.6. The smallest absolute Gasteiger partial charge is 0.459 e. The number of hydroxylamine groups is 2. The minimum atomic E-state index is -2.71. The Morgan fingerprint density at radius 3 is 1.97 bits per heavy atom. The Morgan fingerprint density at radius 1 is 1.03 bits per heavy atom. The Kier molecular flexibility index (Phi) is 6.52. The van der Waals surface area contributed by atoms with Crippen molar-refractivity contribution in [2.24, 2.45) is 5.41 Å². The lowest BCUT2D eigenvalue weighted by Gasteiger charge is -2.47. The van der Waals surface area contributed by atoms with Crippen LogP contribution in [-0.4, -0.2) is 60.6 Å². The third kappa shape index (κ3) is 4.14.